The van der Waals surface area contributed by atoms with Gasteiger partial charge in [-0.3, -0.25) is 14.8 Å². The van der Waals surface area contributed by atoms with Gasteiger partial charge in [0.2, 0.25) is 0 Å². The molecule has 0 bridgehead atoms. The molecule has 0 atom stereocenters. The molecule has 20 heavy (non-hydrogen) atoms. The van der Waals surface area contributed by atoms with Gasteiger partial charge in [-0.15, -0.1) is 0 Å². The molecule has 2 heterocycles. The van der Waals surface area contributed by atoms with Crippen LogP contribution in [0.5, 0.6) is 0 Å². The Labute approximate surface area is 116 Å². The number of hydrogen-bond donors (Lipinski definition) is 0. The van der Waals surface area contributed by atoms with E-state index in [0.717, 1.165) is 16.5 Å². The maximum Gasteiger partial charge on any atom is 0.185 e. The standard InChI is InChI=1S/C17H12N2O/c20-17(14-7-9-18-10-8-14)6-5-13-11-15-3-1-2-4-16(15)19-12-13/h1-12H/b6-5+. The molecule has 3 aromatic rings. The third kappa shape index (κ3) is 2.62. The van der Waals surface area contributed by atoms with Crippen LogP contribution in [0.4, 0.5) is 0 Å². The molecule has 2 aromatic heterocycles. The van der Waals surface area contributed by atoms with E-state index >= 15 is 0 Å². The minimum Gasteiger partial charge on any atom is -0.289 e. The molecule has 1 aromatic carbocycles. The lowest BCUT2D eigenvalue weighted by atomic mass is 10.1. The van der Waals surface area contributed by atoms with Gasteiger partial charge in [0.05, 0.1) is 5.52 Å². The van der Waals surface area contributed by atoms with E-state index in [4.69, 9.17) is 0 Å². The number of rotatable bonds is 3. The molecule has 96 valence electrons. The minimum atomic E-state index is -0.0411. The van der Waals surface area contributed by atoms with Crippen LogP contribution in [0.3, 0.4) is 0 Å². The molecule has 0 aliphatic rings. The van der Waals surface area contributed by atoms with Gasteiger partial charge in [-0.1, -0.05) is 18.2 Å². The Balaban J connectivity index is 1.85. The second-order valence-electron chi connectivity index (χ2n) is 4.39. The average molecular weight is 260 g/mol. The summed E-state index contributed by atoms with van der Waals surface area (Å²) in [6.07, 6.45) is 8.32. The van der Waals surface area contributed by atoms with E-state index < -0.39 is 0 Å². The van der Waals surface area contributed by atoms with Crippen LogP contribution < -0.4 is 0 Å². The van der Waals surface area contributed by atoms with Crippen molar-refractivity contribution in [2.75, 3.05) is 0 Å². The predicted molar refractivity (Wildman–Crippen MR) is 79.3 cm³/mol. The molecule has 0 fully saturated rings. The fraction of sp³-hybridized carbons (Fsp3) is 0. The molecule has 3 nitrogen and oxygen atoms in total. The first kappa shape index (κ1) is 12.2. The third-order valence-electron chi connectivity index (χ3n) is 3.00. The maximum atomic E-state index is 11.9. The van der Waals surface area contributed by atoms with Crippen LogP contribution in [0.2, 0.25) is 0 Å². The number of hydrogen-bond acceptors (Lipinski definition) is 3. The van der Waals surface area contributed by atoms with E-state index in [9.17, 15) is 4.79 Å². The van der Waals surface area contributed by atoms with Crippen LogP contribution in [0.25, 0.3) is 17.0 Å². The van der Waals surface area contributed by atoms with E-state index in [1.165, 1.54) is 0 Å². The molecule has 0 N–H and O–H groups in total. The van der Waals surface area contributed by atoms with E-state index in [0.29, 0.717) is 5.56 Å². The summed E-state index contributed by atoms with van der Waals surface area (Å²) in [6, 6.07) is 13.3. The zero-order valence-electron chi connectivity index (χ0n) is 10.7. The van der Waals surface area contributed by atoms with Crippen molar-refractivity contribution in [3.05, 3.63) is 78.3 Å². The summed E-state index contributed by atoms with van der Waals surface area (Å²) in [5.41, 5.74) is 2.49. The second-order valence-corrected chi connectivity index (χ2v) is 4.39. The Kier molecular flexibility index (Phi) is 3.33. The lowest BCUT2D eigenvalue weighted by Gasteiger charge is -1.98. The van der Waals surface area contributed by atoms with Crippen LogP contribution in [0.1, 0.15) is 15.9 Å². The Bertz CT molecular complexity index is 779. The van der Waals surface area contributed by atoms with Crippen molar-refractivity contribution < 1.29 is 4.79 Å². The third-order valence-corrected chi connectivity index (χ3v) is 3.00. The molecule has 0 aliphatic carbocycles. The predicted octanol–water partition coefficient (Wildman–Crippen LogP) is 3.53. The number of carbonyl (C=O) groups excluding carboxylic acids is 1. The fourth-order valence-electron chi connectivity index (χ4n) is 1.96. The summed E-state index contributed by atoms with van der Waals surface area (Å²) in [7, 11) is 0. The fourth-order valence-corrected chi connectivity index (χ4v) is 1.96. The summed E-state index contributed by atoms with van der Waals surface area (Å²) in [5, 5.41) is 1.06. The van der Waals surface area contributed by atoms with Gasteiger partial charge in [-0.2, -0.15) is 0 Å². The maximum absolute atomic E-state index is 11.9. The van der Waals surface area contributed by atoms with E-state index in [-0.39, 0.29) is 5.78 Å². The molecule has 0 saturated carbocycles. The van der Waals surface area contributed by atoms with Crippen molar-refractivity contribution in [3.8, 4) is 0 Å². The number of fused-ring (bicyclic) bond motifs is 1. The van der Waals surface area contributed by atoms with Crippen molar-refractivity contribution >= 4 is 22.8 Å². The van der Waals surface area contributed by atoms with Gasteiger partial charge in [0.15, 0.2) is 5.78 Å². The lowest BCUT2D eigenvalue weighted by Crippen LogP contribution is -1.93. The number of ketones is 1. The van der Waals surface area contributed by atoms with E-state index in [1.807, 2.05) is 30.3 Å². The van der Waals surface area contributed by atoms with Gasteiger partial charge in [-0.05, 0) is 42.0 Å². The number of aromatic nitrogens is 2. The number of para-hydroxylation sites is 1. The number of allylic oxidation sites excluding steroid dienone is 1. The number of pyridine rings is 2. The minimum absolute atomic E-state index is 0.0411. The molecule has 3 heteroatoms. The summed E-state index contributed by atoms with van der Waals surface area (Å²) >= 11 is 0. The second kappa shape index (κ2) is 5.45. The molecule has 0 spiro atoms. The number of nitrogens with zero attached hydrogens (tertiary/aromatic N) is 2. The quantitative estimate of drug-likeness (QED) is 0.534. The Morgan fingerprint density at radius 3 is 2.70 bits per heavy atom. The number of benzene rings is 1. The normalized spacial score (nSPS) is 11.0. The zero-order chi connectivity index (χ0) is 13.8. The summed E-state index contributed by atoms with van der Waals surface area (Å²) < 4.78 is 0. The highest BCUT2D eigenvalue weighted by molar-refractivity contribution is 6.06. The van der Waals surface area contributed by atoms with Crippen LogP contribution in [0, 0.1) is 0 Å². The molecular formula is C17H12N2O. The molecule has 0 radical (unpaired) electrons. The van der Waals surface area contributed by atoms with Crippen molar-refractivity contribution in [1.82, 2.24) is 9.97 Å². The van der Waals surface area contributed by atoms with Crippen LogP contribution in [0.15, 0.2) is 67.1 Å². The monoisotopic (exact) mass is 260 g/mol. The summed E-state index contributed by atoms with van der Waals surface area (Å²) in [5.74, 6) is -0.0411. The van der Waals surface area contributed by atoms with E-state index in [1.54, 1.807) is 42.9 Å². The highest BCUT2D eigenvalue weighted by Gasteiger charge is 2.00. The van der Waals surface area contributed by atoms with E-state index in [2.05, 4.69) is 9.97 Å². The summed E-state index contributed by atoms with van der Waals surface area (Å²) in [4.78, 5) is 20.2. The van der Waals surface area contributed by atoms with Gasteiger partial charge < -0.3 is 0 Å². The van der Waals surface area contributed by atoms with Gasteiger partial charge in [0, 0.05) is 29.5 Å². The van der Waals surface area contributed by atoms with Crippen molar-refractivity contribution in [1.29, 1.82) is 0 Å². The van der Waals surface area contributed by atoms with Crippen LogP contribution in [-0.4, -0.2) is 15.8 Å². The summed E-state index contributed by atoms with van der Waals surface area (Å²) in [6.45, 7) is 0. The van der Waals surface area contributed by atoms with Crippen molar-refractivity contribution in [3.63, 3.8) is 0 Å². The van der Waals surface area contributed by atoms with Crippen molar-refractivity contribution in [2.45, 2.75) is 0 Å². The first-order chi connectivity index (χ1) is 9.83. The first-order valence-electron chi connectivity index (χ1n) is 6.30. The average Bonchev–Trinajstić information content (AvgIpc) is 2.53. The zero-order valence-corrected chi connectivity index (χ0v) is 10.7. The largest absolute Gasteiger partial charge is 0.289 e. The van der Waals surface area contributed by atoms with Gasteiger partial charge >= 0.3 is 0 Å². The van der Waals surface area contributed by atoms with Crippen molar-refractivity contribution in [2.24, 2.45) is 0 Å². The Hall–Kier alpha value is -2.81. The smallest absolute Gasteiger partial charge is 0.185 e. The Morgan fingerprint density at radius 1 is 1.05 bits per heavy atom. The molecule has 0 aliphatic heterocycles. The van der Waals surface area contributed by atoms with Gasteiger partial charge in [-0.25, -0.2) is 0 Å². The molecule has 0 saturated heterocycles. The highest BCUT2D eigenvalue weighted by Crippen LogP contribution is 2.14. The topological polar surface area (TPSA) is 42.9 Å². The molecule has 3 rings (SSSR count). The van der Waals surface area contributed by atoms with Crippen LogP contribution in [-0.2, 0) is 0 Å². The molecular weight excluding hydrogens is 248 g/mol. The first-order valence-corrected chi connectivity index (χ1v) is 6.30. The van der Waals surface area contributed by atoms with Crippen LogP contribution >= 0.6 is 0 Å². The lowest BCUT2D eigenvalue weighted by molar-refractivity contribution is 0.104. The molecule has 0 unspecified atom stereocenters. The van der Waals surface area contributed by atoms with Gasteiger partial charge in [0.1, 0.15) is 0 Å². The van der Waals surface area contributed by atoms with Gasteiger partial charge in [0.25, 0.3) is 0 Å². The molecule has 0 amide bonds. The highest BCUT2D eigenvalue weighted by atomic mass is 16.1. The Morgan fingerprint density at radius 2 is 1.85 bits per heavy atom. The number of carbonyl (C=O) groups is 1. The SMILES string of the molecule is O=C(/C=C/c1cnc2ccccc2c1)c1ccncc1.